The maximum Gasteiger partial charge on any atom is 0.416 e. The lowest BCUT2D eigenvalue weighted by atomic mass is 9.98. The van der Waals surface area contributed by atoms with Gasteiger partial charge in [0.1, 0.15) is 10.7 Å². The van der Waals surface area contributed by atoms with E-state index in [2.05, 4.69) is 10.3 Å². The summed E-state index contributed by atoms with van der Waals surface area (Å²) in [5, 5.41) is 6.06. The van der Waals surface area contributed by atoms with Crippen LogP contribution in [0.15, 0.2) is 115 Å². The van der Waals surface area contributed by atoms with Crippen molar-refractivity contribution in [1.29, 1.82) is 0 Å². The van der Waals surface area contributed by atoms with Gasteiger partial charge in [0.2, 0.25) is 0 Å². The van der Waals surface area contributed by atoms with Gasteiger partial charge >= 0.3 is 6.18 Å². The van der Waals surface area contributed by atoms with Crippen molar-refractivity contribution in [3.63, 3.8) is 0 Å². The molecule has 9 heteroatoms. The lowest BCUT2D eigenvalue weighted by molar-refractivity contribution is -0.137. The summed E-state index contributed by atoms with van der Waals surface area (Å²) >= 11 is 7.53. The fraction of sp³-hybridized carbons (Fsp3) is 0.152. The molecule has 0 saturated heterocycles. The first-order valence-electron chi connectivity index (χ1n) is 13.2. The summed E-state index contributed by atoms with van der Waals surface area (Å²) in [5.74, 6) is -0.311. The van der Waals surface area contributed by atoms with E-state index < -0.39 is 11.7 Å². The molecular formula is C33H27ClF3N3OS. The number of carbonyl (C=O) groups excluding carboxylic acids is 1. The zero-order valence-electron chi connectivity index (χ0n) is 22.4. The molecule has 0 unspecified atom stereocenters. The van der Waals surface area contributed by atoms with Gasteiger partial charge < -0.3 is 5.32 Å². The molecule has 0 atom stereocenters. The molecule has 0 bridgehead atoms. The molecule has 42 heavy (non-hydrogen) atoms. The second kappa shape index (κ2) is 13.3. The lowest BCUT2D eigenvalue weighted by Gasteiger charge is -2.22. The Balaban J connectivity index is 1.35. The van der Waals surface area contributed by atoms with Crippen molar-refractivity contribution in [2.24, 2.45) is 0 Å². The first-order chi connectivity index (χ1) is 20.2. The molecule has 1 N–H and O–H groups in total. The molecule has 0 spiro atoms. The second-order valence-corrected chi connectivity index (χ2v) is 11.2. The lowest BCUT2D eigenvalue weighted by Crippen LogP contribution is -2.29. The van der Waals surface area contributed by atoms with Crippen molar-refractivity contribution in [2.45, 2.75) is 31.9 Å². The molecule has 0 saturated carbocycles. The van der Waals surface area contributed by atoms with Crippen molar-refractivity contribution in [2.75, 3.05) is 0 Å². The van der Waals surface area contributed by atoms with E-state index in [-0.39, 0.29) is 24.2 Å². The maximum atomic E-state index is 13.4. The minimum atomic E-state index is -4.43. The Labute approximate surface area is 251 Å². The standard InChI is InChI=1S/C33H27ClF3N3OS/c34-28-16-8-10-24(18-28)20-40(19-23-9-7-15-27(17-23)33(35,36)37)21-30-38-29(22-42-30)32(41)39-31(25-11-3-1-4-12-25)26-13-5-2-6-14-26/h1-18,22,31H,19-21H2,(H,39,41). The van der Waals surface area contributed by atoms with Crippen molar-refractivity contribution in [1.82, 2.24) is 15.2 Å². The highest BCUT2D eigenvalue weighted by atomic mass is 35.5. The molecule has 1 heterocycles. The van der Waals surface area contributed by atoms with E-state index >= 15 is 0 Å². The normalized spacial score (nSPS) is 11.7. The van der Waals surface area contributed by atoms with Crippen molar-refractivity contribution in [3.05, 3.63) is 158 Å². The summed E-state index contributed by atoms with van der Waals surface area (Å²) in [4.78, 5) is 19.9. The Morgan fingerprint density at radius 2 is 1.40 bits per heavy atom. The SMILES string of the molecule is O=C(NC(c1ccccc1)c1ccccc1)c1csc(CN(Cc2cccc(Cl)c2)Cc2cccc(C(F)(F)F)c2)n1. The van der Waals surface area contributed by atoms with Gasteiger partial charge in [-0.1, -0.05) is 103 Å². The molecule has 0 aliphatic carbocycles. The Kier molecular flexibility index (Phi) is 9.37. The number of hydrogen-bond donors (Lipinski definition) is 1. The van der Waals surface area contributed by atoms with Crippen LogP contribution in [0.4, 0.5) is 13.2 Å². The van der Waals surface area contributed by atoms with E-state index in [9.17, 15) is 18.0 Å². The van der Waals surface area contributed by atoms with Crippen LogP contribution in [0.5, 0.6) is 0 Å². The molecule has 0 aliphatic heterocycles. The maximum absolute atomic E-state index is 13.4. The number of carbonyl (C=O) groups is 1. The van der Waals surface area contributed by atoms with E-state index in [4.69, 9.17) is 11.6 Å². The summed E-state index contributed by atoms with van der Waals surface area (Å²) in [6.07, 6.45) is -4.43. The number of hydrogen-bond acceptors (Lipinski definition) is 4. The summed E-state index contributed by atoms with van der Waals surface area (Å²) in [5.41, 5.74) is 2.92. The Hall–Kier alpha value is -3.98. The third kappa shape index (κ3) is 7.85. The van der Waals surface area contributed by atoms with E-state index in [1.54, 1.807) is 17.5 Å². The average Bonchev–Trinajstić information content (AvgIpc) is 3.45. The van der Waals surface area contributed by atoms with Gasteiger partial charge in [0.15, 0.2) is 0 Å². The highest BCUT2D eigenvalue weighted by molar-refractivity contribution is 7.09. The van der Waals surface area contributed by atoms with Gasteiger partial charge in [-0.2, -0.15) is 13.2 Å². The molecule has 4 nitrogen and oxygen atoms in total. The number of halogens is 4. The van der Waals surface area contributed by atoms with Gasteiger partial charge in [0.25, 0.3) is 5.91 Å². The summed E-state index contributed by atoms with van der Waals surface area (Å²) in [7, 11) is 0. The summed E-state index contributed by atoms with van der Waals surface area (Å²) in [6.45, 7) is 1.02. The summed E-state index contributed by atoms with van der Waals surface area (Å²) < 4.78 is 40.1. The highest BCUT2D eigenvalue weighted by Crippen LogP contribution is 2.30. The van der Waals surface area contributed by atoms with Crippen LogP contribution in [0.2, 0.25) is 5.02 Å². The number of aromatic nitrogens is 1. The molecular weight excluding hydrogens is 579 g/mol. The van der Waals surface area contributed by atoms with Gasteiger partial charge in [0.05, 0.1) is 18.2 Å². The van der Waals surface area contributed by atoms with Gasteiger partial charge in [-0.05, 0) is 40.5 Å². The number of amides is 1. The van der Waals surface area contributed by atoms with E-state index in [1.165, 1.54) is 23.5 Å². The van der Waals surface area contributed by atoms with Crippen LogP contribution >= 0.6 is 22.9 Å². The molecule has 0 aliphatic rings. The van der Waals surface area contributed by atoms with Gasteiger partial charge in [0, 0.05) is 23.5 Å². The van der Waals surface area contributed by atoms with Gasteiger partial charge in [-0.15, -0.1) is 11.3 Å². The van der Waals surface area contributed by atoms with Gasteiger partial charge in [-0.3, -0.25) is 9.69 Å². The van der Waals surface area contributed by atoms with Crippen molar-refractivity contribution < 1.29 is 18.0 Å². The molecule has 214 valence electrons. The van der Waals surface area contributed by atoms with Crippen molar-refractivity contribution >= 4 is 28.8 Å². The highest BCUT2D eigenvalue weighted by Gasteiger charge is 2.30. The van der Waals surface area contributed by atoms with E-state index in [0.717, 1.165) is 22.8 Å². The third-order valence-corrected chi connectivity index (χ3v) is 7.71. The largest absolute Gasteiger partial charge is 0.416 e. The zero-order chi connectivity index (χ0) is 29.5. The van der Waals surface area contributed by atoms with Gasteiger partial charge in [-0.25, -0.2) is 4.98 Å². The van der Waals surface area contributed by atoms with Crippen LogP contribution in [0, 0.1) is 0 Å². The van der Waals surface area contributed by atoms with Crippen molar-refractivity contribution in [3.8, 4) is 0 Å². The average molecular weight is 606 g/mol. The van der Waals surface area contributed by atoms with E-state index in [0.29, 0.717) is 28.7 Å². The number of nitrogens with zero attached hydrogens (tertiary/aromatic N) is 2. The fourth-order valence-corrected chi connectivity index (χ4v) is 5.73. The van der Waals surface area contributed by atoms with E-state index in [1.807, 2.05) is 83.8 Å². The van der Waals surface area contributed by atoms with Crippen LogP contribution in [0.3, 0.4) is 0 Å². The zero-order valence-corrected chi connectivity index (χ0v) is 24.0. The van der Waals surface area contributed by atoms with Crippen LogP contribution < -0.4 is 5.32 Å². The molecule has 1 amide bonds. The summed E-state index contributed by atoms with van der Waals surface area (Å²) in [6, 6.07) is 31.7. The predicted octanol–water partition coefficient (Wildman–Crippen LogP) is 8.54. The molecule has 4 aromatic carbocycles. The number of benzene rings is 4. The Morgan fingerprint density at radius 1 is 0.810 bits per heavy atom. The first-order valence-corrected chi connectivity index (χ1v) is 14.5. The minimum Gasteiger partial charge on any atom is -0.340 e. The van der Waals surface area contributed by atoms with Crippen LogP contribution in [0.1, 0.15) is 49.4 Å². The molecule has 5 rings (SSSR count). The minimum absolute atomic E-state index is 0.252. The second-order valence-electron chi connectivity index (χ2n) is 9.83. The number of thiazole rings is 1. The van der Waals surface area contributed by atoms with Crippen LogP contribution in [0.25, 0.3) is 0 Å². The quantitative estimate of drug-likeness (QED) is 0.173. The third-order valence-electron chi connectivity index (χ3n) is 6.64. The number of rotatable bonds is 10. The predicted molar refractivity (Wildman–Crippen MR) is 160 cm³/mol. The molecule has 1 aromatic heterocycles. The fourth-order valence-electron chi connectivity index (χ4n) is 4.70. The monoisotopic (exact) mass is 605 g/mol. The number of alkyl halides is 3. The van der Waals surface area contributed by atoms with Crippen LogP contribution in [-0.2, 0) is 25.8 Å². The smallest absolute Gasteiger partial charge is 0.340 e. The number of nitrogens with one attached hydrogen (secondary N) is 1. The molecule has 5 aromatic rings. The molecule has 0 fully saturated rings. The first kappa shape index (κ1) is 29.5. The molecule has 0 radical (unpaired) electrons. The topological polar surface area (TPSA) is 45.2 Å². The Morgan fingerprint density at radius 3 is 2.00 bits per heavy atom. The Bertz CT molecular complexity index is 1590. The van der Waals surface area contributed by atoms with Crippen LogP contribution in [-0.4, -0.2) is 15.8 Å².